The molecule has 3 rings (SSSR count). The number of ether oxygens (including phenoxy) is 1. The summed E-state index contributed by atoms with van der Waals surface area (Å²) in [7, 11) is 1.64. The molecule has 5 nitrogen and oxygen atoms in total. The molecule has 2 heterocycles. The maximum atomic E-state index is 12.8. The fourth-order valence-electron chi connectivity index (χ4n) is 3.12. The highest BCUT2D eigenvalue weighted by Gasteiger charge is 2.24. The maximum absolute atomic E-state index is 12.8. The van der Waals surface area contributed by atoms with Crippen molar-refractivity contribution in [1.29, 1.82) is 0 Å². The van der Waals surface area contributed by atoms with E-state index in [4.69, 9.17) is 4.74 Å². The number of methoxy groups -OCH3 is 1. The van der Waals surface area contributed by atoms with E-state index in [1.165, 1.54) is 0 Å². The zero-order valence-electron chi connectivity index (χ0n) is 16.4. The lowest BCUT2D eigenvalue weighted by Crippen LogP contribution is -2.33. The SMILES string of the molecule is COc1ccc(C(C(=O)NCCc2csc(-c3cccnc3)n2)C(C)C)cc1. The van der Waals surface area contributed by atoms with Crippen LogP contribution in [0.15, 0.2) is 54.2 Å². The van der Waals surface area contributed by atoms with E-state index in [1.807, 2.05) is 48.0 Å². The molecule has 0 spiro atoms. The van der Waals surface area contributed by atoms with Crippen LogP contribution in [0.3, 0.4) is 0 Å². The maximum Gasteiger partial charge on any atom is 0.227 e. The number of benzene rings is 1. The number of carbonyl (C=O) groups is 1. The zero-order valence-corrected chi connectivity index (χ0v) is 17.2. The number of rotatable bonds is 8. The monoisotopic (exact) mass is 395 g/mol. The molecule has 3 aromatic rings. The van der Waals surface area contributed by atoms with Crippen molar-refractivity contribution in [2.24, 2.45) is 5.92 Å². The molecule has 0 saturated heterocycles. The summed E-state index contributed by atoms with van der Waals surface area (Å²) in [6.45, 7) is 4.69. The van der Waals surface area contributed by atoms with Gasteiger partial charge in [-0.25, -0.2) is 4.98 Å². The van der Waals surface area contributed by atoms with Gasteiger partial charge in [0.25, 0.3) is 0 Å². The third kappa shape index (κ3) is 4.95. The van der Waals surface area contributed by atoms with Gasteiger partial charge in [-0.1, -0.05) is 26.0 Å². The summed E-state index contributed by atoms with van der Waals surface area (Å²) in [5.41, 5.74) is 3.00. The molecule has 6 heteroatoms. The first-order chi connectivity index (χ1) is 13.6. The van der Waals surface area contributed by atoms with E-state index in [-0.39, 0.29) is 17.7 Å². The number of carbonyl (C=O) groups excluding carboxylic acids is 1. The number of aromatic nitrogens is 2. The Balaban J connectivity index is 1.58. The first-order valence-corrected chi connectivity index (χ1v) is 10.2. The molecule has 0 aliphatic heterocycles. The standard InChI is InChI=1S/C22H25N3O2S/c1-15(2)20(16-6-8-19(27-3)9-7-16)21(26)24-12-10-18-14-28-22(25-18)17-5-4-11-23-13-17/h4-9,11,13-15,20H,10,12H2,1-3H3,(H,24,26). The topological polar surface area (TPSA) is 64.1 Å². The van der Waals surface area contributed by atoms with Crippen molar-refractivity contribution in [2.45, 2.75) is 26.2 Å². The van der Waals surface area contributed by atoms with Gasteiger partial charge in [-0.05, 0) is 35.7 Å². The summed E-state index contributed by atoms with van der Waals surface area (Å²) in [5, 5.41) is 6.06. The Hall–Kier alpha value is -2.73. The number of pyridine rings is 1. The van der Waals surface area contributed by atoms with Crippen molar-refractivity contribution in [1.82, 2.24) is 15.3 Å². The van der Waals surface area contributed by atoms with Crippen LogP contribution in [0.2, 0.25) is 0 Å². The minimum absolute atomic E-state index is 0.0443. The normalized spacial score (nSPS) is 12.0. The minimum Gasteiger partial charge on any atom is -0.497 e. The molecule has 1 unspecified atom stereocenters. The predicted octanol–water partition coefficient (Wildman–Crippen LogP) is 4.31. The lowest BCUT2D eigenvalue weighted by atomic mass is 9.87. The van der Waals surface area contributed by atoms with E-state index in [0.717, 1.165) is 27.6 Å². The van der Waals surface area contributed by atoms with Crippen molar-refractivity contribution in [3.05, 3.63) is 65.4 Å². The molecule has 0 radical (unpaired) electrons. The molecule has 1 atom stereocenters. The molecule has 0 bridgehead atoms. The zero-order chi connectivity index (χ0) is 19.9. The highest BCUT2D eigenvalue weighted by atomic mass is 32.1. The number of hydrogen-bond donors (Lipinski definition) is 1. The number of nitrogens with zero attached hydrogens (tertiary/aromatic N) is 2. The second-order valence-corrected chi connectivity index (χ2v) is 7.78. The van der Waals surface area contributed by atoms with Crippen LogP contribution in [-0.4, -0.2) is 29.5 Å². The largest absolute Gasteiger partial charge is 0.497 e. The van der Waals surface area contributed by atoms with E-state index >= 15 is 0 Å². The summed E-state index contributed by atoms with van der Waals surface area (Å²) in [6.07, 6.45) is 4.27. The number of hydrogen-bond acceptors (Lipinski definition) is 5. The number of nitrogens with one attached hydrogen (secondary N) is 1. The van der Waals surface area contributed by atoms with Crippen LogP contribution in [0.4, 0.5) is 0 Å². The third-order valence-electron chi connectivity index (χ3n) is 4.56. The second-order valence-electron chi connectivity index (χ2n) is 6.92. The number of thiazole rings is 1. The van der Waals surface area contributed by atoms with E-state index in [1.54, 1.807) is 24.6 Å². The summed E-state index contributed by atoms with van der Waals surface area (Å²) in [6, 6.07) is 11.6. The average molecular weight is 396 g/mol. The Morgan fingerprint density at radius 1 is 1.21 bits per heavy atom. The van der Waals surface area contributed by atoms with Gasteiger partial charge in [-0.2, -0.15) is 0 Å². The fourth-order valence-corrected chi connectivity index (χ4v) is 3.96. The molecule has 0 saturated carbocycles. The summed E-state index contributed by atoms with van der Waals surface area (Å²) < 4.78 is 5.21. The van der Waals surface area contributed by atoms with Gasteiger partial charge in [-0.3, -0.25) is 9.78 Å². The van der Waals surface area contributed by atoms with Crippen LogP contribution in [0.25, 0.3) is 10.6 Å². The van der Waals surface area contributed by atoms with Crippen LogP contribution >= 0.6 is 11.3 Å². The molecule has 1 aromatic carbocycles. The lowest BCUT2D eigenvalue weighted by Gasteiger charge is -2.21. The van der Waals surface area contributed by atoms with E-state index in [2.05, 4.69) is 29.1 Å². The van der Waals surface area contributed by atoms with Gasteiger partial charge in [0, 0.05) is 36.3 Å². The molecule has 0 fully saturated rings. The smallest absolute Gasteiger partial charge is 0.227 e. The van der Waals surface area contributed by atoms with Gasteiger partial charge < -0.3 is 10.1 Å². The van der Waals surface area contributed by atoms with Gasteiger partial charge in [0.15, 0.2) is 0 Å². The fraction of sp³-hybridized carbons (Fsp3) is 0.318. The van der Waals surface area contributed by atoms with Gasteiger partial charge in [0.05, 0.1) is 18.7 Å². The highest BCUT2D eigenvalue weighted by Crippen LogP contribution is 2.27. The Labute approximate surface area is 169 Å². The molecule has 146 valence electrons. The summed E-state index contributed by atoms with van der Waals surface area (Å²) >= 11 is 1.60. The third-order valence-corrected chi connectivity index (χ3v) is 5.50. The first-order valence-electron chi connectivity index (χ1n) is 9.35. The molecule has 0 aliphatic rings. The van der Waals surface area contributed by atoms with Crippen molar-refractivity contribution < 1.29 is 9.53 Å². The van der Waals surface area contributed by atoms with Crippen molar-refractivity contribution in [3.63, 3.8) is 0 Å². The van der Waals surface area contributed by atoms with Gasteiger partial charge in [-0.15, -0.1) is 11.3 Å². The molecule has 1 amide bonds. The quantitative estimate of drug-likeness (QED) is 0.617. The van der Waals surface area contributed by atoms with Gasteiger partial charge in [0.1, 0.15) is 10.8 Å². The number of amides is 1. The molecular formula is C22H25N3O2S. The molecule has 2 aromatic heterocycles. The molecule has 28 heavy (non-hydrogen) atoms. The van der Waals surface area contributed by atoms with Gasteiger partial charge >= 0.3 is 0 Å². The van der Waals surface area contributed by atoms with Crippen molar-refractivity contribution >= 4 is 17.2 Å². The average Bonchev–Trinajstić information content (AvgIpc) is 3.18. The molecule has 0 aliphatic carbocycles. The Bertz CT molecular complexity index is 892. The minimum atomic E-state index is -0.188. The van der Waals surface area contributed by atoms with Crippen molar-refractivity contribution in [2.75, 3.05) is 13.7 Å². The molecule has 1 N–H and O–H groups in total. The summed E-state index contributed by atoms with van der Waals surface area (Å²) in [5.74, 6) is 0.847. The van der Waals surface area contributed by atoms with Crippen LogP contribution in [-0.2, 0) is 11.2 Å². The Morgan fingerprint density at radius 3 is 2.64 bits per heavy atom. The Kier molecular flexibility index (Phi) is 6.76. The van der Waals surface area contributed by atoms with Gasteiger partial charge in [0.2, 0.25) is 5.91 Å². The Morgan fingerprint density at radius 2 is 2.00 bits per heavy atom. The van der Waals surface area contributed by atoms with E-state index in [0.29, 0.717) is 13.0 Å². The summed E-state index contributed by atoms with van der Waals surface area (Å²) in [4.78, 5) is 21.6. The van der Waals surface area contributed by atoms with Crippen LogP contribution in [0, 0.1) is 5.92 Å². The molecular weight excluding hydrogens is 370 g/mol. The van der Waals surface area contributed by atoms with Crippen LogP contribution < -0.4 is 10.1 Å². The van der Waals surface area contributed by atoms with Crippen LogP contribution in [0.5, 0.6) is 5.75 Å². The lowest BCUT2D eigenvalue weighted by molar-refractivity contribution is -0.123. The van der Waals surface area contributed by atoms with E-state index < -0.39 is 0 Å². The first kappa shape index (κ1) is 20.0. The second kappa shape index (κ2) is 9.46. The predicted molar refractivity (Wildman–Crippen MR) is 113 cm³/mol. The highest BCUT2D eigenvalue weighted by molar-refractivity contribution is 7.13. The van der Waals surface area contributed by atoms with E-state index in [9.17, 15) is 4.79 Å². The van der Waals surface area contributed by atoms with Crippen molar-refractivity contribution in [3.8, 4) is 16.3 Å². The van der Waals surface area contributed by atoms with Crippen LogP contribution in [0.1, 0.15) is 31.0 Å².